The first-order valence-corrected chi connectivity index (χ1v) is 6.53. The normalized spacial score (nSPS) is 17.6. The molecule has 2 heteroatoms. The van der Waals surface area contributed by atoms with Crippen molar-refractivity contribution in [3.63, 3.8) is 0 Å². The number of phenolic OH excluding ortho intramolecular Hbond substituents is 1. The topological polar surface area (TPSA) is 23.5 Å². The monoisotopic (exact) mass is 231 g/mol. The molecule has 0 amide bonds. The Morgan fingerprint density at radius 1 is 1.12 bits per heavy atom. The van der Waals surface area contributed by atoms with Crippen LogP contribution in [0.2, 0.25) is 0 Å². The maximum atomic E-state index is 9.60. The minimum atomic E-state index is 0.363. The van der Waals surface area contributed by atoms with E-state index in [0.717, 1.165) is 18.5 Å². The van der Waals surface area contributed by atoms with Crippen LogP contribution in [0.4, 0.5) is 0 Å². The highest BCUT2D eigenvalue weighted by Gasteiger charge is 2.07. The lowest BCUT2D eigenvalue weighted by molar-refractivity contribution is 0.233. The number of likely N-dealkylation sites (tertiary alicyclic amines) is 1. The van der Waals surface area contributed by atoms with Crippen LogP contribution in [0.25, 0.3) is 6.08 Å². The van der Waals surface area contributed by atoms with Gasteiger partial charge in [-0.05, 0) is 38.4 Å². The number of piperidine rings is 1. The summed E-state index contributed by atoms with van der Waals surface area (Å²) in [6.45, 7) is 3.65. The van der Waals surface area contributed by atoms with Gasteiger partial charge in [-0.2, -0.15) is 0 Å². The molecule has 1 heterocycles. The molecular formula is C15H21NO. The summed E-state index contributed by atoms with van der Waals surface area (Å²) in [5.74, 6) is 0.363. The standard InChI is InChI=1S/C15H21NO/c17-15-10-3-2-8-14(15)9-4-7-13-16-11-5-1-6-12-16/h2-4,8-10,17H,1,5-7,11-13H2/b9-4+. The zero-order valence-corrected chi connectivity index (χ0v) is 10.3. The summed E-state index contributed by atoms with van der Waals surface area (Å²) in [6, 6.07) is 7.46. The SMILES string of the molecule is Oc1ccccc1/C=C/CCN1CCCCC1. The average Bonchev–Trinajstić information content (AvgIpc) is 2.38. The molecule has 2 nitrogen and oxygen atoms in total. The Hall–Kier alpha value is -1.28. The second-order valence-electron chi connectivity index (χ2n) is 4.65. The van der Waals surface area contributed by atoms with Crippen LogP contribution in [0.15, 0.2) is 30.3 Å². The van der Waals surface area contributed by atoms with Crippen molar-refractivity contribution in [2.75, 3.05) is 19.6 Å². The van der Waals surface area contributed by atoms with E-state index in [0.29, 0.717) is 5.75 Å². The van der Waals surface area contributed by atoms with Gasteiger partial charge in [-0.25, -0.2) is 0 Å². The Morgan fingerprint density at radius 3 is 2.65 bits per heavy atom. The van der Waals surface area contributed by atoms with Gasteiger partial charge in [0.2, 0.25) is 0 Å². The number of rotatable bonds is 4. The van der Waals surface area contributed by atoms with E-state index in [1.165, 1.54) is 32.4 Å². The summed E-state index contributed by atoms with van der Waals surface area (Å²) >= 11 is 0. The van der Waals surface area contributed by atoms with E-state index >= 15 is 0 Å². The highest BCUT2D eigenvalue weighted by atomic mass is 16.3. The van der Waals surface area contributed by atoms with E-state index in [2.05, 4.69) is 11.0 Å². The molecule has 0 aliphatic carbocycles. The van der Waals surface area contributed by atoms with E-state index in [9.17, 15) is 5.11 Å². The predicted octanol–water partition coefficient (Wildman–Crippen LogP) is 3.28. The van der Waals surface area contributed by atoms with Gasteiger partial charge in [0.1, 0.15) is 5.75 Å². The van der Waals surface area contributed by atoms with Crippen LogP contribution >= 0.6 is 0 Å². The predicted molar refractivity (Wildman–Crippen MR) is 72.0 cm³/mol. The van der Waals surface area contributed by atoms with Crippen LogP contribution in [0.1, 0.15) is 31.2 Å². The molecule has 1 aromatic rings. The fourth-order valence-electron chi connectivity index (χ4n) is 2.28. The van der Waals surface area contributed by atoms with Gasteiger partial charge in [-0.3, -0.25) is 0 Å². The van der Waals surface area contributed by atoms with Gasteiger partial charge < -0.3 is 10.0 Å². The van der Waals surface area contributed by atoms with Crippen molar-refractivity contribution < 1.29 is 5.11 Å². The molecule has 0 spiro atoms. The van der Waals surface area contributed by atoms with Gasteiger partial charge in [-0.1, -0.05) is 36.8 Å². The third-order valence-electron chi connectivity index (χ3n) is 3.29. The molecular weight excluding hydrogens is 210 g/mol. The molecule has 2 rings (SSSR count). The summed E-state index contributed by atoms with van der Waals surface area (Å²) < 4.78 is 0. The van der Waals surface area contributed by atoms with Gasteiger partial charge in [0.05, 0.1) is 0 Å². The molecule has 1 aliphatic heterocycles. The van der Waals surface area contributed by atoms with Crippen LogP contribution in [0.3, 0.4) is 0 Å². The fourth-order valence-corrected chi connectivity index (χ4v) is 2.28. The molecule has 0 bridgehead atoms. The zero-order valence-electron chi connectivity index (χ0n) is 10.3. The van der Waals surface area contributed by atoms with Gasteiger partial charge >= 0.3 is 0 Å². The Morgan fingerprint density at radius 2 is 1.88 bits per heavy atom. The van der Waals surface area contributed by atoms with Crippen molar-refractivity contribution in [1.82, 2.24) is 4.90 Å². The molecule has 92 valence electrons. The Bertz CT molecular complexity index is 367. The van der Waals surface area contributed by atoms with Crippen molar-refractivity contribution >= 4 is 6.08 Å². The van der Waals surface area contributed by atoms with E-state index in [1.807, 2.05) is 24.3 Å². The quantitative estimate of drug-likeness (QED) is 0.859. The maximum Gasteiger partial charge on any atom is 0.122 e. The molecule has 0 radical (unpaired) electrons. The summed E-state index contributed by atoms with van der Waals surface area (Å²) in [5.41, 5.74) is 0.908. The number of para-hydroxylation sites is 1. The third kappa shape index (κ3) is 3.90. The first-order valence-electron chi connectivity index (χ1n) is 6.53. The molecule has 1 fully saturated rings. The van der Waals surface area contributed by atoms with E-state index < -0.39 is 0 Å². The van der Waals surface area contributed by atoms with Crippen molar-refractivity contribution in [1.29, 1.82) is 0 Å². The molecule has 0 saturated carbocycles. The highest BCUT2D eigenvalue weighted by Crippen LogP contribution is 2.17. The Balaban J connectivity index is 1.76. The number of hydrogen-bond donors (Lipinski definition) is 1. The Kier molecular flexibility index (Phi) is 4.63. The molecule has 1 aromatic carbocycles. The van der Waals surface area contributed by atoms with Crippen LogP contribution in [-0.4, -0.2) is 29.6 Å². The molecule has 1 aliphatic rings. The van der Waals surface area contributed by atoms with Crippen molar-refractivity contribution in [2.24, 2.45) is 0 Å². The second-order valence-corrected chi connectivity index (χ2v) is 4.65. The first kappa shape index (κ1) is 12.2. The van der Waals surface area contributed by atoms with Crippen molar-refractivity contribution in [3.05, 3.63) is 35.9 Å². The lowest BCUT2D eigenvalue weighted by Gasteiger charge is -2.25. The number of aromatic hydroxyl groups is 1. The van der Waals surface area contributed by atoms with Gasteiger partial charge in [0.15, 0.2) is 0 Å². The zero-order chi connectivity index (χ0) is 11.9. The van der Waals surface area contributed by atoms with E-state index in [-0.39, 0.29) is 0 Å². The molecule has 1 N–H and O–H groups in total. The fraction of sp³-hybridized carbons (Fsp3) is 0.467. The number of hydrogen-bond acceptors (Lipinski definition) is 2. The van der Waals surface area contributed by atoms with Crippen LogP contribution in [0.5, 0.6) is 5.75 Å². The van der Waals surface area contributed by atoms with Gasteiger partial charge in [0.25, 0.3) is 0 Å². The van der Waals surface area contributed by atoms with Crippen LogP contribution < -0.4 is 0 Å². The molecule has 0 atom stereocenters. The number of benzene rings is 1. The molecule has 0 unspecified atom stereocenters. The highest BCUT2D eigenvalue weighted by molar-refractivity contribution is 5.56. The van der Waals surface area contributed by atoms with E-state index in [4.69, 9.17) is 0 Å². The lowest BCUT2D eigenvalue weighted by atomic mass is 10.1. The van der Waals surface area contributed by atoms with Crippen LogP contribution in [-0.2, 0) is 0 Å². The molecule has 0 aromatic heterocycles. The summed E-state index contributed by atoms with van der Waals surface area (Å²) in [5, 5.41) is 9.60. The minimum absolute atomic E-state index is 0.363. The smallest absolute Gasteiger partial charge is 0.122 e. The number of nitrogens with zero attached hydrogens (tertiary/aromatic N) is 1. The Labute approximate surface area is 104 Å². The molecule has 1 saturated heterocycles. The lowest BCUT2D eigenvalue weighted by Crippen LogP contribution is -2.30. The van der Waals surface area contributed by atoms with Crippen molar-refractivity contribution in [2.45, 2.75) is 25.7 Å². The van der Waals surface area contributed by atoms with E-state index in [1.54, 1.807) is 6.07 Å². The van der Waals surface area contributed by atoms with Crippen LogP contribution in [0, 0.1) is 0 Å². The first-order chi connectivity index (χ1) is 8.36. The average molecular weight is 231 g/mol. The second kappa shape index (κ2) is 6.45. The maximum absolute atomic E-state index is 9.60. The summed E-state index contributed by atoms with van der Waals surface area (Å²) in [7, 11) is 0. The van der Waals surface area contributed by atoms with Gasteiger partial charge in [-0.15, -0.1) is 0 Å². The largest absolute Gasteiger partial charge is 0.507 e. The third-order valence-corrected chi connectivity index (χ3v) is 3.29. The van der Waals surface area contributed by atoms with Gasteiger partial charge in [0, 0.05) is 12.1 Å². The summed E-state index contributed by atoms with van der Waals surface area (Å²) in [4.78, 5) is 2.53. The number of phenols is 1. The van der Waals surface area contributed by atoms with Crippen molar-refractivity contribution in [3.8, 4) is 5.75 Å². The summed E-state index contributed by atoms with van der Waals surface area (Å²) in [6.07, 6.45) is 9.33. The molecule has 17 heavy (non-hydrogen) atoms. The minimum Gasteiger partial charge on any atom is -0.507 e.